The fraction of sp³-hybridized carbons (Fsp3) is 0.273. The van der Waals surface area contributed by atoms with E-state index in [0.29, 0.717) is 12.4 Å². The molecule has 0 N–H and O–H groups in total. The third kappa shape index (κ3) is 6.29. The first-order chi connectivity index (χ1) is 20.1. The second-order valence-corrected chi connectivity index (χ2v) is 15.2. The van der Waals surface area contributed by atoms with E-state index in [-0.39, 0.29) is 11.2 Å². The van der Waals surface area contributed by atoms with Gasteiger partial charge >= 0.3 is 10.1 Å². The van der Waals surface area contributed by atoms with Crippen molar-refractivity contribution in [2.45, 2.75) is 45.6 Å². The van der Waals surface area contributed by atoms with Crippen molar-refractivity contribution in [3.8, 4) is 5.75 Å². The Morgan fingerprint density at radius 3 is 1.55 bits per heavy atom. The number of nitrogens with zero attached hydrogens (tertiary/aromatic N) is 2. The Bertz CT molecular complexity index is 1530. The zero-order valence-corrected chi connectivity index (χ0v) is 26.3. The molecule has 9 heteroatoms. The van der Waals surface area contributed by atoms with Crippen molar-refractivity contribution in [3.05, 3.63) is 103 Å². The summed E-state index contributed by atoms with van der Waals surface area (Å²) in [7, 11) is 0.905. The van der Waals surface area contributed by atoms with Gasteiger partial charge < -0.3 is 19.3 Å². The number of aryl methyl sites for hydroxylation is 1. The average molecular weight is 607 g/mol. The quantitative estimate of drug-likeness (QED) is 0.188. The lowest BCUT2D eigenvalue weighted by atomic mass is 10.2. The first-order valence-electron chi connectivity index (χ1n) is 13.9. The standard InChI is InChI=1S/C33H38N2O5S2/c1-25-8-16-32(17-9-25)42(36,37)40-41(29-18-10-26(11-19-29)34(2)3,30-20-12-27(13-21-30)35(4)5)31-22-14-28(15-23-31)39-33-7-6-24-38-33/h8-23,33H,6-7,24H2,1-5H3. The van der Waals surface area contributed by atoms with E-state index in [1.54, 1.807) is 24.3 Å². The van der Waals surface area contributed by atoms with E-state index in [4.69, 9.17) is 13.1 Å². The molecule has 0 saturated carbocycles. The lowest BCUT2D eigenvalue weighted by Crippen LogP contribution is -2.16. The molecular weight excluding hydrogens is 569 g/mol. The highest BCUT2D eigenvalue weighted by atomic mass is 32.3. The summed E-state index contributed by atoms with van der Waals surface area (Å²) in [4.78, 5) is 6.37. The molecule has 0 radical (unpaired) electrons. The van der Waals surface area contributed by atoms with Gasteiger partial charge in [-0.25, -0.2) is 3.63 Å². The average Bonchev–Trinajstić information content (AvgIpc) is 3.50. The van der Waals surface area contributed by atoms with Gasteiger partial charge in [0.15, 0.2) is 6.29 Å². The smallest absolute Gasteiger partial charge is 0.307 e. The van der Waals surface area contributed by atoms with Crippen LogP contribution in [0.25, 0.3) is 0 Å². The molecule has 4 aromatic carbocycles. The molecule has 1 unspecified atom stereocenters. The summed E-state index contributed by atoms with van der Waals surface area (Å²) in [5.41, 5.74) is 2.96. The molecule has 1 aliphatic heterocycles. The summed E-state index contributed by atoms with van der Waals surface area (Å²) >= 11 is 0. The maximum absolute atomic E-state index is 14.1. The summed E-state index contributed by atoms with van der Waals surface area (Å²) in [5, 5.41) is 0. The van der Waals surface area contributed by atoms with Crippen LogP contribution in [0.3, 0.4) is 0 Å². The molecule has 4 aromatic rings. The van der Waals surface area contributed by atoms with Crippen LogP contribution < -0.4 is 14.5 Å². The van der Waals surface area contributed by atoms with Crippen LogP contribution in [0, 0.1) is 6.92 Å². The van der Waals surface area contributed by atoms with Crippen LogP contribution in [0.4, 0.5) is 11.4 Å². The zero-order valence-electron chi connectivity index (χ0n) is 24.7. The molecule has 42 heavy (non-hydrogen) atoms. The lowest BCUT2D eigenvalue weighted by molar-refractivity contribution is -0.0390. The summed E-state index contributed by atoms with van der Waals surface area (Å²) in [5.74, 6) is 0.659. The summed E-state index contributed by atoms with van der Waals surface area (Å²) < 4.78 is 46.4. The Morgan fingerprint density at radius 1 is 0.667 bits per heavy atom. The normalized spacial score (nSPS) is 15.8. The van der Waals surface area contributed by atoms with Crippen molar-refractivity contribution in [1.82, 2.24) is 0 Å². The van der Waals surface area contributed by atoms with Gasteiger partial charge in [-0.1, -0.05) is 17.7 Å². The van der Waals surface area contributed by atoms with Crippen molar-refractivity contribution in [1.29, 1.82) is 0 Å². The van der Waals surface area contributed by atoms with Crippen LogP contribution in [-0.4, -0.2) is 49.5 Å². The Kier molecular flexibility index (Phi) is 8.84. The number of rotatable bonds is 10. The molecule has 1 aliphatic rings. The predicted octanol–water partition coefficient (Wildman–Crippen LogP) is 7.24. The van der Waals surface area contributed by atoms with E-state index < -0.39 is 20.4 Å². The molecule has 1 atom stereocenters. The maximum atomic E-state index is 14.1. The van der Waals surface area contributed by atoms with Crippen molar-refractivity contribution in [2.24, 2.45) is 0 Å². The second kappa shape index (κ2) is 12.4. The van der Waals surface area contributed by atoms with Crippen LogP contribution in [0.2, 0.25) is 0 Å². The lowest BCUT2D eigenvalue weighted by Gasteiger charge is -2.39. The molecule has 1 fully saturated rings. The first-order valence-corrected chi connectivity index (χ1v) is 16.8. The van der Waals surface area contributed by atoms with Crippen molar-refractivity contribution < 1.29 is 21.5 Å². The minimum Gasteiger partial charge on any atom is -0.465 e. The molecule has 0 aliphatic carbocycles. The molecule has 7 nitrogen and oxygen atoms in total. The number of anilines is 2. The molecule has 0 amide bonds. The van der Waals surface area contributed by atoms with Crippen LogP contribution in [0.1, 0.15) is 18.4 Å². The SMILES string of the molecule is Cc1ccc(S(=O)(=O)OS(c2ccc(OC3CCCO3)cc2)(c2ccc(N(C)C)cc2)c2ccc(N(C)C)cc2)cc1. The van der Waals surface area contributed by atoms with Gasteiger partial charge in [-0.05, 0) is 109 Å². The third-order valence-electron chi connectivity index (χ3n) is 7.18. The van der Waals surface area contributed by atoms with E-state index in [1.807, 2.05) is 118 Å². The number of benzene rings is 4. The highest BCUT2D eigenvalue weighted by Crippen LogP contribution is 2.70. The van der Waals surface area contributed by atoms with Crippen molar-refractivity contribution >= 4 is 31.8 Å². The highest BCUT2D eigenvalue weighted by molar-refractivity contribution is 8.33. The summed E-state index contributed by atoms with van der Waals surface area (Å²) in [6, 6.07) is 30.1. The summed E-state index contributed by atoms with van der Waals surface area (Å²) in [6.07, 6.45) is 1.53. The van der Waals surface area contributed by atoms with Crippen LogP contribution in [-0.2, 0) is 18.5 Å². The van der Waals surface area contributed by atoms with Gasteiger partial charge in [0.25, 0.3) is 0 Å². The second-order valence-electron chi connectivity index (χ2n) is 10.7. The maximum Gasteiger partial charge on any atom is 0.307 e. The van der Waals surface area contributed by atoms with Gasteiger partial charge in [0.05, 0.1) is 11.5 Å². The van der Waals surface area contributed by atoms with E-state index in [9.17, 15) is 8.42 Å². The largest absolute Gasteiger partial charge is 0.465 e. The molecular formula is C33H38N2O5S2. The van der Waals surface area contributed by atoms with E-state index >= 15 is 0 Å². The number of hydrogen-bond acceptors (Lipinski definition) is 7. The molecule has 1 saturated heterocycles. The van der Waals surface area contributed by atoms with E-state index in [1.165, 1.54) is 0 Å². The molecule has 0 aromatic heterocycles. The van der Waals surface area contributed by atoms with Gasteiger partial charge in [-0.2, -0.15) is 8.42 Å². The Balaban J connectivity index is 1.70. The Morgan fingerprint density at radius 2 is 1.12 bits per heavy atom. The van der Waals surface area contributed by atoms with Crippen LogP contribution >= 0.6 is 10.3 Å². The van der Waals surface area contributed by atoms with Gasteiger partial charge in [0.2, 0.25) is 0 Å². The number of ether oxygens (including phenoxy) is 2. The van der Waals surface area contributed by atoms with Gasteiger partial charge in [0, 0.05) is 60.7 Å². The van der Waals surface area contributed by atoms with Crippen LogP contribution in [0.5, 0.6) is 5.75 Å². The van der Waals surface area contributed by atoms with Crippen LogP contribution in [0.15, 0.2) is 117 Å². The molecule has 0 spiro atoms. The monoisotopic (exact) mass is 606 g/mol. The van der Waals surface area contributed by atoms with Gasteiger partial charge in [-0.15, -0.1) is 0 Å². The molecule has 222 valence electrons. The number of hydrogen-bond donors (Lipinski definition) is 0. The Labute approximate surface area is 251 Å². The van der Waals surface area contributed by atoms with Gasteiger partial charge in [-0.3, -0.25) is 0 Å². The van der Waals surface area contributed by atoms with Gasteiger partial charge in [0.1, 0.15) is 5.75 Å². The first kappa shape index (κ1) is 30.0. The third-order valence-corrected chi connectivity index (χ3v) is 12.4. The molecule has 0 bridgehead atoms. The predicted molar refractivity (Wildman–Crippen MR) is 169 cm³/mol. The molecule has 1 heterocycles. The minimum absolute atomic E-state index is 0.109. The highest BCUT2D eigenvalue weighted by Gasteiger charge is 2.38. The fourth-order valence-corrected chi connectivity index (χ4v) is 9.96. The van der Waals surface area contributed by atoms with E-state index in [2.05, 4.69) is 0 Å². The summed E-state index contributed by atoms with van der Waals surface area (Å²) in [6.45, 7) is 2.61. The van der Waals surface area contributed by atoms with Crippen molar-refractivity contribution in [2.75, 3.05) is 44.6 Å². The molecule has 5 rings (SSSR count). The van der Waals surface area contributed by atoms with E-state index in [0.717, 1.165) is 44.5 Å². The Hall–Kier alpha value is -3.50. The fourth-order valence-electron chi connectivity index (χ4n) is 4.78. The minimum atomic E-state index is -4.20. The van der Waals surface area contributed by atoms with Crippen molar-refractivity contribution in [3.63, 3.8) is 0 Å². The topological polar surface area (TPSA) is 68.3 Å². The zero-order chi connectivity index (χ0) is 29.9.